The Bertz CT molecular complexity index is 522. The fourth-order valence-corrected chi connectivity index (χ4v) is 2.43. The highest BCUT2D eigenvalue weighted by molar-refractivity contribution is 5.15. The predicted octanol–water partition coefficient (Wildman–Crippen LogP) is 2.21. The highest BCUT2D eigenvalue weighted by Crippen LogP contribution is 2.11. The monoisotopic (exact) mass is 273 g/mol. The van der Waals surface area contributed by atoms with Crippen molar-refractivity contribution < 1.29 is 5.11 Å². The molecule has 4 heteroatoms. The van der Waals surface area contributed by atoms with E-state index >= 15 is 0 Å². The van der Waals surface area contributed by atoms with Crippen LogP contribution in [-0.2, 0) is 19.6 Å². The van der Waals surface area contributed by atoms with Gasteiger partial charge in [0.15, 0.2) is 0 Å². The van der Waals surface area contributed by atoms with Gasteiger partial charge in [0, 0.05) is 26.2 Å². The Hall–Kier alpha value is -1.65. The first kappa shape index (κ1) is 14.8. The van der Waals surface area contributed by atoms with Gasteiger partial charge in [0.05, 0.1) is 18.0 Å². The normalized spacial score (nSPS) is 11.2. The van der Waals surface area contributed by atoms with Gasteiger partial charge in [-0.25, -0.2) is 0 Å². The number of aliphatic hydroxyl groups excluding tert-OH is 1. The molecule has 1 aromatic carbocycles. The molecule has 0 radical (unpaired) electrons. The van der Waals surface area contributed by atoms with E-state index in [1.807, 2.05) is 29.8 Å². The maximum Gasteiger partial charge on any atom is 0.0597 e. The highest BCUT2D eigenvalue weighted by atomic mass is 16.3. The van der Waals surface area contributed by atoms with Gasteiger partial charge in [-0.2, -0.15) is 5.10 Å². The Morgan fingerprint density at radius 2 is 1.95 bits per heavy atom. The van der Waals surface area contributed by atoms with E-state index in [1.165, 1.54) is 11.3 Å². The number of benzene rings is 1. The van der Waals surface area contributed by atoms with E-state index in [-0.39, 0.29) is 6.61 Å². The number of hydrogen-bond acceptors (Lipinski definition) is 3. The average Bonchev–Trinajstić information content (AvgIpc) is 2.80. The van der Waals surface area contributed by atoms with Gasteiger partial charge in [-0.3, -0.25) is 9.58 Å². The van der Waals surface area contributed by atoms with Crippen molar-refractivity contribution in [1.82, 2.24) is 14.7 Å². The van der Waals surface area contributed by atoms with Crippen LogP contribution in [0.5, 0.6) is 0 Å². The van der Waals surface area contributed by atoms with Gasteiger partial charge in [-0.05, 0) is 25.5 Å². The minimum absolute atomic E-state index is 0.173. The zero-order chi connectivity index (χ0) is 14.4. The first-order chi connectivity index (χ1) is 9.72. The standard InChI is InChI=1S/C16H23N3O/c1-3-19-16(11-14(2)17-19)13-18(9-10-20)12-15-7-5-4-6-8-15/h4-8,11,20H,3,9-10,12-13H2,1-2H3. The Morgan fingerprint density at radius 1 is 1.20 bits per heavy atom. The van der Waals surface area contributed by atoms with Gasteiger partial charge in [0.25, 0.3) is 0 Å². The second kappa shape index (κ2) is 7.22. The van der Waals surface area contributed by atoms with Crippen molar-refractivity contribution in [2.45, 2.75) is 33.5 Å². The van der Waals surface area contributed by atoms with E-state index in [2.05, 4.69) is 35.1 Å². The minimum atomic E-state index is 0.173. The second-order valence-electron chi connectivity index (χ2n) is 5.01. The molecule has 1 heterocycles. The molecule has 1 N–H and O–H groups in total. The molecule has 0 saturated carbocycles. The lowest BCUT2D eigenvalue weighted by atomic mass is 10.2. The SMILES string of the molecule is CCn1nc(C)cc1CN(CCO)Cc1ccccc1. The van der Waals surface area contributed by atoms with Gasteiger partial charge in [0.2, 0.25) is 0 Å². The number of aliphatic hydroxyl groups is 1. The van der Waals surface area contributed by atoms with Crippen LogP contribution in [-0.4, -0.2) is 32.9 Å². The van der Waals surface area contributed by atoms with Gasteiger partial charge >= 0.3 is 0 Å². The number of nitrogens with zero attached hydrogens (tertiary/aromatic N) is 3. The highest BCUT2D eigenvalue weighted by Gasteiger charge is 2.11. The van der Waals surface area contributed by atoms with E-state index in [4.69, 9.17) is 0 Å². The zero-order valence-corrected chi connectivity index (χ0v) is 12.3. The van der Waals surface area contributed by atoms with Crippen LogP contribution in [0.2, 0.25) is 0 Å². The van der Waals surface area contributed by atoms with Crippen molar-refractivity contribution in [2.75, 3.05) is 13.2 Å². The summed E-state index contributed by atoms with van der Waals surface area (Å²) in [6, 6.07) is 12.5. The number of aryl methyl sites for hydroxylation is 2. The first-order valence-electron chi connectivity index (χ1n) is 7.13. The quantitative estimate of drug-likeness (QED) is 0.841. The third-order valence-electron chi connectivity index (χ3n) is 3.34. The summed E-state index contributed by atoms with van der Waals surface area (Å²) >= 11 is 0. The fraction of sp³-hybridized carbons (Fsp3) is 0.438. The molecule has 0 amide bonds. The topological polar surface area (TPSA) is 41.3 Å². The lowest BCUT2D eigenvalue weighted by Crippen LogP contribution is -2.27. The summed E-state index contributed by atoms with van der Waals surface area (Å²) < 4.78 is 2.03. The Balaban J connectivity index is 2.08. The number of rotatable bonds is 7. The van der Waals surface area contributed by atoms with Crippen molar-refractivity contribution in [3.63, 3.8) is 0 Å². The van der Waals surface area contributed by atoms with Gasteiger partial charge < -0.3 is 5.11 Å². The molecule has 108 valence electrons. The maximum absolute atomic E-state index is 9.26. The summed E-state index contributed by atoms with van der Waals surface area (Å²) in [5.74, 6) is 0. The number of hydrogen-bond donors (Lipinski definition) is 1. The van der Waals surface area contributed by atoms with Crippen molar-refractivity contribution >= 4 is 0 Å². The van der Waals surface area contributed by atoms with Gasteiger partial charge in [-0.15, -0.1) is 0 Å². The van der Waals surface area contributed by atoms with Crippen molar-refractivity contribution in [3.8, 4) is 0 Å². The molecule has 2 aromatic rings. The average molecular weight is 273 g/mol. The summed E-state index contributed by atoms with van der Waals surface area (Å²) in [4.78, 5) is 2.25. The Morgan fingerprint density at radius 3 is 2.60 bits per heavy atom. The Labute approximate surface area is 120 Å². The lowest BCUT2D eigenvalue weighted by Gasteiger charge is -2.21. The van der Waals surface area contributed by atoms with E-state index in [1.54, 1.807) is 0 Å². The molecule has 0 aliphatic rings. The van der Waals surface area contributed by atoms with Crippen LogP contribution >= 0.6 is 0 Å². The molecule has 0 unspecified atom stereocenters. The van der Waals surface area contributed by atoms with Crippen LogP contribution in [0.25, 0.3) is 0 Å². The fourth-order valence-electron chi connectivity index (χ4n) is 2.43. The predicted molar refractivity (Wildman–Crippen MR) is 80.3 cm³/mol. The first-order valence-corrected chi connectivity index (χ1v) is 7.13. The summed E-state index contributed by atoms with van der Waals surface area (Å²) in [5.41, 5.74) is 3.51. The summed E-state index contributed by atoms with van der Waals surface area (Å²) in [5, 5.41) is 13.7. The summed E-state index contributed by atoms with van der Waals surface area (Å²) in [6.07, 6.45) is 0. The zero-order valence-electron chi connectivity index (χ0n) is 12.3. The molecule has 4 nitrogen and oxygen atoms in total. The molecule has 0 atom stereocenters. The summed E-state index contributed by atoms with van der Waals surface area (Å²) in [6.45, 7) is 7.49. The smallest absolute Gasteiger partial charge is 0.0597 e. The molecule has 20 heavy (non-hydrogen) atoms. The molecular formula is C16H23N3O. The molecule has 0 spiro atoms. The van der Waals surface area contributed by atoms with E-state index < -0.39 is 0 Å². The van der Waals surface area contributed by atoms with Crippen LogP contribution in [0, 0.1) is 6.92 Å². The van der Waals surface area contributed by atoms with Crippen LogP contribution < -0.4 is 0 Å². The molecule has 0 bridgehead atoms. The lowest BCUT2D eigenvalue weighted by molar-refractivity contribution is 0.181. The van der Waals surface area contributed by atoms with Crippen LogP contribution in [0.3, 0.4) is 0 Å². The molecule has 0 aliphatic heterocycles. The molecule has 0 saturated heterocycles. The van der Waals surface area contributed by atoms with Crippen LogP contribution in [0.4, 0.5) is 0 Å². The van der Waals surface area contributed by atoms with E-state index in [9.17, 15) is 5.11 Å². The molecular weight excluding hydrogens is 250 g/mol. The van der Waals surface area contributed by atoms with Crippen LogP contribution in [0.15, 0.2) is 36.4 Å². The van der Waals surface area contributed by atoms with E-state index in [0.29, 0.717) is 6.54 Å². The van der Waals surface area contributed by atoms with Crippen LogP contribution in [0.1, 0.15) is 23.9 Å². The molecule has 0 fully saturated rings. The molecule has 1 aromatic heterocycles. The van der Waals surface area contributed by atoms with Crippen molar-refractivity contribution in [3.05, 3.63) is 53.3 Å². The molecule has 0 aliphatic carbocycles. The molecule has 2 rings (SSSR count). The van der Waals surface area contributed by atoms with E-state index in [0.717, 1.165) is 25.3 Å². The van der Waals surface area contributed by atoms with Crippen molar-refractivity contribution in [2.24, 2.45) is 0 Å². The van der Waals surface area contributed by atoms with Gasteiger partial charge in [-0.1, -0.05) is 30.3 Å². The number of aromatic nitrogens is 2. The van der Waals surface area contributed by atoms with Gasteiger partial charge in [0.1, 0.15) is 0 Å². The minimum Gasteiger partial charge on any atom is -0.395 e. The third kappa shape index (κ3) is 3.92. The van der Waals surface area contributed by atoms with Crippen molar-refractivity contribution in [1.29, 1.82) is 0 Å². The maximum atomic E-state index is 9.26. The largest absolute Gasteiger partial charge is 0.395 e. The summed E-state index contributed by atoms with van der Waals surface area (Å²) in [7, 11) is 0. The third-order valence-corrected chi connectivity index (χ3v) is 3.34. The second-order valence-corrected chi connectivity index (χ2v) is 5.01. The Kier molecular flexibility index (Phi) is 5.32.